The lowest BCUT2D eigenvalue weighted by Gasteiger charge is -2.16. The molecular formula is C12H15NO4S. The standard InChI is InChI=1S/C12H15NO4S/c1-7-3-9(11(18-7)12(16)17-2)13-5-8(6-14)4-10(13)15/h3,8,14H,4-6H2,1-2H3. The monoisotopic (exact) mass is 269 g/mol. The van der Waals surface area contributed by atoms with Gasteiger partial charge in [0.15, 0.2) is 0 Å². The number of hydrogen-bond donors (Lipinski definition) is 1. The molecule has 1 amide bonds. The molecule has 0 aliphatic carbocycles. The van der Waals surface area contributed by atoms with Crippen LogP contribution in [-0.2, 0) is 9.53 Å². The van der Waals surface area contributed by atoms with Crippen molar-refractivity contribution in [2.24, 2.45) is 5.92 Å². The van der Waals surface area contributed by atoms with E-state index in [0.29, 0.717) is 23.5 Å². The molecule has 1 aliphatic heterocycles. The van der Waals surface area contributed by atoms with Crippen molar-refractivity contribution in [3.8, 4) is 0 Å². The maximum absolute atomic E-state index is 11.9. The number of anilines is 1. The lowest BCUT2D eigenvalue weighted by atomic mass is 10.1. The molecule has 2 heterocycles. The lowest BCUT2D eigenvalue weighted by molar-refractivity contribution is -0.117. The number of methoxy groups -OCH3 is 1. The molecule has 5 nitrogen and oxygen atoms in total. The Hall–Kier alpha value is -1.40. The van der Waals surface area contributed by atoms with Crippen LogP contribution in [0.25, 0.3) is 0 Å². The molecular weight excluding hydrogens is 254 g/mol. The Morgan fingerprint density at radius 1 is 1.67 bits per heavy atom. The van der Waals surface area contributed by atoms with E-state index in [1.807, 2.05) is 13.0 Å². The Morgan fingerprint density at radius 3 is 2.94 bits per heavy atom. The van der Waals surface area contributed by atoms with Gasteiger partial charge in [-0.05, 0) is 13.0 Å². The van der Waals surface area contributed by atoms with E-state index in [-0.39, 0.29) is 18.4 Å². The first-order valence-corrected chi connectivity index (χ1v) is 6.48. The van der Waals surface area contributed by atoms with E-state index < -0.39 is 5.97 Å². The molecule has 0 spiro atoms. The number of nitrogens with zero attached hydrogens (tertiary/aromatic N) is 1. The second-order valence-corrected chi connectivity index (χ2v) is 5.58. The SMILES string of the molecule is COC(=O)c1sc(C)cc1N1CC(CO)CC1=O. The van der Waals surface area contributed by atoms with Gasteiger partial charge in [-0.15, -0.1) is 11.3 Å². The number of aliphatic hydroxyl groups is 1. The van der Waals surface area contributed by atoms with Crippen molar-refractivity contribution in [2.75, 3.05) is 25.2 Å². The fourth-order valence-corrected chi connectivity index (χ4v) is 3.01. The van der Waals surface area contributed by atoms with E-state index in [1.54, 1.807) is 4.90 Å². The van der Waals surface area contributed by atoms with Gasteiger partial charge >= 0.3 is 5.97 Å². The number of thiophene rings is 1. The first kappa shape index (κ1) is 13.0. The minimum atomic E-state index is -0.427. The summed E-state index contributed by atoms with van der Waals surface area (Å²) in [6.07, 6.45) is 0.325. The Morgan fingerprint density at radius 2 is 2.39 bits per heavy atom. The quantitative estimate of drug-likeness (QED) is 0.837. The van der Waals surface area contributed by atoms with Crippen molar-refractivity contribution < 1.29 is 19.4 Å². The van der Waals surface area contributed by atoms with E-state index in [2.05, 4.69) is 0 Å². The third-order valence-electron chi connectivity index (χ3n) is 2.96. The zero-order valence-electron chi connectivity index (χ0n) is 10.3. The fraction of sp³-hybridized carbons (Fsp3) is 0.500. The van der Waals surface area contributed by atoms with Crippen LogP contribution in [0, 0.1) is 12.8 Å². The number of carbonyl (C=O) groups is 2. The normalized spacial score (nSPS) is 19.4. The van der Waals surface area contributed by atoms with Crippen LogP contribution < -0.4 is 4.90 Å². The predicted octanol–water partition coefficient (Wildman–Crippen LogP) is 1.19. The van der Waals surface area contributed by atoms with Gasteiger partial charge in [0, 0.05) is 30.4 Å². The van der Waals surface area contributed by atoms with Gasteiger partial charge in [-0.3, -0.25) is 4.79 Å². The molecule has 1 unspecified atom stereocenters. The Labute approximate surface area is 109 Å². The highest BCUT2D eigenvalue weighted by Crippen LogP contribution is 2.34. The number of aliphatic hydroxyl groups excluding tert-OH is 1. The van der Waals surface area contributed by atoms with Gasteiger partial charge in [-0.1, -0.05) is 0 Å². The number of hydrogen-bond acceptors (Lipinski definition) is 5. The largest absolute Gasteiger partial charge is 0.465 e. The third-order valence-corrected chi connectivity index (χ3v) is 3.98. The van der Waals surface area contributed by atoms with Gasteiger partial charge < -0.3 is 14.7 Å². The van der Waals surface area contributed by atoms with E-state index in [4.69, 9.17) is 9.84 Å². The highest BCUT2D eigenvalue weighted by Gasteiger charge is 2.33. The van der Waals surface area contributed by atoms with Gasteiger partial charge in [-0.25, -0.2) is 4.79 Å². The van der Waals surface area contributed by atoms with Crippen LogP contribution in [0.3, 0.4) is 0 Å². The second-order valence-electron chi connectivity index (χ2n) is 4.32. The number of aryl methyl sites for hydroxylation is 1. The molecule has 1 aromatic heterocycles. The third kappa shape index (κ3) is 2.26. The molecule has 0 saturated carbocycles. The molecule has 18 heavy (non-hydrogen) atoms. The van der Waals surface area contributed by atoms with Gasteiger partial charge in [0.1, 0.15) is 4.88 Å². The van der Waals surface area contributed by atoms with Crippen LogP contribution in [0.5, 0.6) is 0 Å². The van der Waals surface area contributed by atoms with Gasteiger partial charge in [0.25, 0.3) is 0 Å². The molecule has 6 heteroatoms. The summed E-state index contributed by atoms with van der Waals surface area (Å²) in [5.74, 6) is -0.538. The fourth-order valence-electron chi connectivity index (χ4n) is 2.08. The van der Waals surface area contributed by atoms with Crippen LogP contribution in [-0.4, -0.2) is 37.2 Å². The average Bonchev–Trinajstić information content (AvgIpc) is 2.91. The molecule has 0 aromatic carbocycles. The van der Waals surface area contributed by atoms with E-state index in [9.17, 15) is 9.59 Å². The first-order chi connectivity index (χ1) is 8.56. The van der Waals surface area contributed by atoms with Crippen molar-refractivity contribution >= 4 is 28.9 Å². The minimum Gasteiger partial charge on any atom is -0.465 e. The summed E-state index contributed by atoms with van der Waals surface area (Å²) >= 11 is 1.31. The first-order valence-electron chi connectivity index (χ1n) is 5.66. The molecule has 2 rings (SSSR count). The zero-order chi connectivity index (χ0) is 13.3. The Bertz CT molecular complexity index is 482. The van der Waals surface area contributed by atoms with Crippen molar-refractivity contribution in [3.05, 3.63) is 15.8 Å². The van der Waals surface area contributed by atoms with Crippen molar-refractivity contribution in [3.63, 3.8) is 0 Å². The summed E-state index contributed by atoms with van der Waals surface area (Å²) in [7, 11) is 1.32. The van der Waals surface area contributed by atoms with Crippen LogP contribution in [0.15, 0.2) is 6.07 Å². The van der Waals surface area contributed by atoms with Crippen molar-refractivity contribution in [2.45, 2.75) is 13.3 Å². The summed E-state index contributed by atoms with van der Waals surface area (Å²) in [4.78, 5) is 26.5. The van der Waals surface area contributed by atoms with Crippen molar-refractivity contribution in [1.29, 1.82) is 0 Å². The summed E-state index contributed by atoms with van der Waals surface area (Å²) in [5, 5.41) is 9.11. The number of ether oxygens (including phenoxy) is 1. The van der Waals surface area contributed by atoms with Crippen LogP contribution in [0.1, 0.15) is 21.0 Å². The van der Waals surface area contributed by atoms with Crippen molar-refractivity contribution in [1.82, 2.24) is 0 Å². The maximum atomic E-state index is 11.9. The highest BCUT2D eigenvalue weighted by atomic mass is 32.1. The molecule has 1 N–H and O–H groups in total. The molecule has 1 saturated heterocycles. The van der Waals surface area contributed by atoms with E-state index >= 15 is 0 Å². The smallest absolute Gasteiger partial charge is 0.350 e. The molecule has 1 aliphatic rings. The van der Waals surface area contributed by atoms with Crippen LogP contribution in [0.4, 0.5) is 5.69 Å². The van der Waals surface area contributed by atoms with E-state index in [1.165, 1.54) is 18.4 Å². The molecule has 1 aromatic rings. The lowest BCUT2D eigenvalue weighted by Crippen LogP contribution is -2.26. The van der Waals surface area contributed by atoms with Gasteiger partial charge in [-0.2, -0.15) is 0 Å². The maximum Gasteiger partial charge on any atom is 0.350 e. The minimum absolute atomic E-state index is 0.0150. The molecule has 0 bridgehead atoms. The summed E-state index contributed by atoms with van der Waals surface area (Å²) < 4.78 is 4.72. The van der Waals surface area contributed by atoms with Crippen LogP contribution in [0.2, 0.25) is 0 Å². The topological polar surface area (TPSA) is 66.8 Å². The summed E-state index contributed by atoms with van der Waals surface area (Å²) in [5.41, 5.74) is 0.602. The summed E-state index contributed by atoms with van der Waals surface area (Å²) in [6.45, 7) is 2.32. The number of carbonyl (C=O) groups excluding carboxylic acids is 2. The number of amides is 1. The Kier molecular flexibility index (Phi) is 3.68. The van der Waals surface area contributed by atoms with Crippen LogP contribution >= 0.6 is 11.3 Å². The Balaban J connectivity index is 2.33. The number of rotatable bonds is 3. The van der Waals surface area contributed by atoms with Gasteiger partial charge in [0.05, 0.1) is 12.8 Å². The molecule has 1 fully saturated rings. The predicted molar refractivity (Wildman–Crippen MR) is 67.9 cm³/mol. The molecule has 1 atom stereocenters. The highest BCUT2D eigenvalue weighted by molar-refractivity contribution is 7.14. The zero-order valence-corrected chi connectivity index (χ0v) is 11.1. The summed E-state index contributed by atoms with van der Waals surface area (Å²) in [6, 6.07) is 1.81. The molecule has 0 radical (unpaired) electrons. The average molecular weight is 269 g/mol. The second kappa shape index (κ2) is 5.07. The van der Waals surface area contributed by atoms with Gasteiger partial charge in [0.2, 0.25) is 5.91 Å². The molecule has 98 valence electrons. The van der Waals surface area contributed by atoms with E-state index in [0.717, 1.165) is 4.88 Å². The number of esters is 1.